The molecule has 0 fully saturated rings. The molecule has 30 heavy (non-hydrogen) atoms. The van der Waals surface area contributed by atoms with E-state index in [2.05, 4.69) is 25.5 Å². The lowest BCUT2D eigenvalue weighted by Gasteiger charge is -2.09. The van der Waals surface area contributed by atoms with Crippen LogP contribution >= 0.6 is 0 Å². The quantitative estimate of drug-likeness (QED) is 0.355. The SMILES string of the molecule is COC(=O)c1ccc(/C=N\NC(=O)c2cc(-c3ccc(OC(C)C)cc3)n[nH]2)cc1. The number of H-pyrrole nitrogens is 1. The fourth-order valence-electron chi connectivity index (χ4n) is 2.61. The maximum absolute atomic E-state index is 12.3. The Morgan fingerprint density at radius 1 is 1.10 bits per heavy atom. The first kappa shape index (κ1) is 20.8. The summed E-state index contributed by atoms with van der Waals surface area (Å²) in [6.07, 6.45) is 1.58. The van der Waals surface area contributed by atoms with Crippen LogP contribution in [0.4, 0.5) is 0 Å². The molecule has 8 nitrogen and oxygen atoms in total. The largest absolute Gasteiger partial charge is 0.491 e. The minimum atomic E-state index is -0.420. The van der Waals surface area contributed by atoms with E-state index >= 15 is 0 Å². The Hall–Kier alpha value is -3.94. The van der Waals surface area contributed by atoms with Crippen molar-refractivity contribution >= 4 is 18.1 Å². The number of aromatic nitrogens is 2. The Bertz CT molecular complexity index is 1040. The third-order valence-electron chi connectivity index (χ3n) is 4.06. The van der Waals surface area contributed by atoms with E-state index < -0.39 is 11.9 Å². The first-order chi connectivity index (χ1) is 14.5. The molecular formula is C22H22N4O4. The van der Waals surface area contributed by atoms with Crippen molar-refractivity contribution in [1.82, 2.24) is 15.6 Å². The molecule has 0 unspecified atom stereocenters. The molecule has 154 valence electrons. The van der Waals surface area contributed by atoms with Crippen LogP contribution in [0.25, 0.3) is 11.3 Å². The number of nitrogens with zero attached hydrogens (tertiary/aromatic N) is 2. The lowest BCUT2D eigenvalue weighted by atomic mass is 10.1. The molecule has 3 aromatic rings. The van der Waals surface area contributed by atoms with Crippen LogP contribution in [0, 0.1) is 0 Å². The number of amides is 1. The highest BCUT2D eigenvalue weighted by Crippen LogP contribution is 2.22. The fourth-order valence-corrected chi connectivity index (χ4v) is 2.61. The van der Waals surface area contributed by atoms with Crippen LogP contribution in [0.15, 0.2) is 59.7 Å². The third kappa shape index (κ3) is 5.32. The van der Waals surface area contributed by atoms with Gasteiger partial charge in [0.15, 0.2) is 0 Å². The van der Waals surface area contributed by atoms with Crippen molar-refractivity contribution in [3.05, 3.63) is 71.4 Å². The van der Waals surface area contributed by atoms with Crippen LogP contribution in [-0.2, 0) is 4.74 Å². The topological polar surface area (TPSA) is 106 Å². The zero-order chi connectivity index (χ0) is 21.5. The number of nitrogens with one attached hydrogen (secondary N) is 2. The third-order valence-corrected chi connectivity index (χ3v) is 4.06. The van der Waals surface area contributed by atoms with Crippen LogP contribution in [0.5, 0.6) is 5.75 Å². The standard InChI is InChI=1S/C22H22N4O4/c1-14(2)30-18-10-8-16(9-11-18)19-12-20(25-24-19)21(27)26-23-13-15-4-6-17(7-5-15)22(28)29-3/h4-14H,1-3H3,(H,24,25)(H,26,27)/b23-13-. The summed E-state index contributed by atoms with van der Waals surface area (Å²) in [6.45, 7) is 3.93. The molecule has 0 aliphatic heterocycles. The van der Waals surface area contributed by atoms with Gasteiger partial charge in [-0.3, -0.25) is 9.89 Å². The molecule has 0 saturated carbocycles. The molecule has 1 amide bonds. The molecule has 0 bridgehead atoms. The number of methoxy groups -OCH3 is 1. The molecular weight excluding hydrogens is 384 g/mol. The molecule has 0 saturated heterocycles. The van der Waals surface area contributed by atoms with Crippen molar-refractivity contribution in [2.45, 2.75) is 20.0 Å². The molecule has 0 spiro atoms. The van der Waals surface area contributed by atoms with Gasteiger partial charge in [-0.25, -0.2) is 10.2 Å². The van der Waals surface area contributed by atoms with Gasteiger partial charge in [0.1, 0.15) is 11.4 Å². The van der Waals surface area contributed by atoms with E-state index in [-0.39, 0.29) is 11.8 Å². The van der Waals surface area contributed by atoms with Gasteiger partial charge in [0.25, 0.3) is 5.91 Å². The van der Waals surface area contributed by atoms with Gasteiger partial charge < -0.3 is 9.47 Å². The van der Waals surface area contributed by atoms with E-state index in [1.54, 1.807) is 30.3 Å². The Balaban J connectivity index is 1.59. The monoisotopic (exact) mass is 406 g/mol. The fraction of sp³-hybridized carbons (Fsp3) is 0.182. The summed E-state index contributed by atoms with van der Waals surface area (Å²) in [7, 11) is 1.32. The van der Waals surface area contributed by atoms with Gasteiger partial charge >= 0.3 is 5.97 Å². The summed E-state index contributed by atoms with van der Waals surface area (Å²) >= 11 is 0. The zero-order valence-electron chi connectivity index (χ0n) is 16.9. The molecule has 0 aliphatic carbocycles. The molecule has 0 atom stereocenters. The molecule has 8 heteroatoms. The number of aromatic amines is 1. The normalized spacial score (nSPS) is 10.9. The van der Waals surface area contributed by atoms with Crippen LogP contribution in [0.2, 0.25) is 0 Å². The van der Waals surface area contributed by atoms with E-state index in [0.717, 1.165) is 16.9 Å². The maximum Gasteiger partial charge on any atom is 0.337 e. The van der Waals surface area contributed by atoms with E-state index in [1.165, 1.54) is 13.3 Å². The Morgan fingerprint density at radius 2 is 1.80 bits per heavy atom. The molecule has 2 N–H and O–H groups in total. The first-order valence-corrected chi connectivity index (χ1v) is 9.30. The van der Waals surface area contributed by atoms with E-state index in [1.807, 2.05) is 38.1 Å². The Kier molecular flexibility index (Phi) is 6.59. The number of benzene rings is 2. The Labute approximate surface area is 173 Å². The van der Waals surface area contributed by atoms with E-state index in [9.17, 15) is 9.59 Å². The first-order valence-electron chi connectivity index (χ1n) is 9.30. The van der Waals surface area contributed by atoms with Gasteiger partial charge in [0.05, 0.1) is 30.7 Å². The number of esters is 1. The number of carbonyl (C=O) groups excluding carboxylic acids is 2. The molecule has 2 aromatic carbocycles. The molecule has 1 aromatic heterocycles. The Morgan fingerprint density at radius 3 is 2.43 bits per heavy atom. The number of carbonyl (C=O) groups is 2. The summed E-state index contributed by atoms with van der Waals surface area (Å²) in [6, 6.07) is 15.8. The molecule has 0 radical (unpaired) electrons. The van der Waals surface area contributed by atoms with Crippen molar-refractivity contribution in [2.24, 2.45) is 5.10 Å². The summed E-state index contributed by atoms with van der Waals surface area (Å²) in [4.78, 5) is 23.7. The number of ether oxygens (including phenoxy) is 2. The molecule has 1 heterocycles. The van der Waals surface area contributed by atoms with Gasteiger partial charge in [-0.1, -0.05) is 12.1 Å². The van der Waals surface area contributed by atoms with Crippen molar-refractivity contribution in [2.75, 3.05) is 7.11 Å². The van der Waals surface area contributed by atoms with Gasteiger partial charge in [-0.05, 0) is 61.9 Å². The highest BCUT2D eigenvalue weighted by Gasteiger charge is 2.11. The second kappa shape index (κ2) is 9.51. The number of hydrogen-bond acceptors (Lipinski definition) is 6. The van der Waals surface area contributed by atoms with Crippen molar-refractivity contribution < 1.29 is 19.1 Å². The average molecular weight is 406 g/mol. The maximum atomic E-state index is 12.3. The lowest BCUT2D eigenvalue weighted by molar-refractivity contribution is 0.0600. The van der Waals surface area contributed by atoms with Crippen LogP contribution < -0.4 is 10.2 Å². The molecule has 0 aliphatic rings. The summed E-state index contributed by atoms with van der Waals surface area (Å²) < 4.78 is 10.3. The van der Waals surface area contributed by atoms with Gasteiger partial charge in [-0.2, -0.15) is 10.2 Å². The van der Waals surface area contributed by atoms with E-state index in [0.29, 0.717) is 11.3 Å². The van der Waals surface area contributed by atoms with Gasteiger partial charge in [-0.15, -0.1) is 0 Å². The van der Waals surface area contributed by atoms with Crippen LogP contribution in [-0.4, -0.2) is 41.5 Å². The average Bonchev–Trinajstić information content (AvgIpc) is 3.24. The highest BCUT2D eigenvalue weighted by atomic mass is 16.5. The summed E-state index contributed by atoms with van der Waals surface area (Å²) in [5.41, 5.74) is 5.37. The van der Waals surface area contributed by atoms with E-state index in [4.69, 9.17) is 4.74 Å². The predicted molar refractivity (Wildman–Crippen MR) is 113 cm³/mol. The zero-order valence-corrected chi connectivity index (χ0v) is 16.9. The number of hydrazone groups is 1. The summed E-state index contributed by atoms with van der Waals surface area (Å²) in [5, 5.41) is 10.8. The minimum absolute atomic E-state index is 0.0999. The van der Waals surface area contributed by atoms with Gasteiger partial charge in [0.2, 0.25) is 0 Å². The number of rotatable bonds is 7. The lowest BCUT2D eigenvalue weighted by Crippen LogP contribution is -2.18. The van der Waals surface area contributed by atoms with Crippen LogP contribution in [0.1, 0.15) is 40.3 Å². The second-order valence-electron chi connectivity index (χ2n) is 6.67. The predicted octanol–water partition coefficient (Wildman–Crippen LogP) is 3.41. The molecule has 3 rings (SSSR count). The van der Waals surface area contributed by atoms with Crippen molar-refractivity contribution in [1.29, 1.82) is 0 Å². The van der Waals surface area contributed by atoms with Gasteiger partial charge in [0, 0.05) is 5.56 Å². The number of hydrogen-bond donors (Lipinski definition) is 2. The second-order valence-corrected chi connectivity index (χ2v) is 6.67. The highest BCUT2D eigenvalue weighted by molar-refractivity contribution is 5.94. The van der Waals surface area contributed by atoms with Crippen molar-refractivity contribution in [3.8, 4) is 17.0 Å². The van der Waals surface area contributed by atoms with Crippen molar-refractivity contribution in [3.63, 3.8) is 0 Å². The summed E-state index contributed by atoms with van der Waals surface area (Å²) in [5.74, 6) is -0.0592. The van der Waals surface area contributed by atoms with Crippen LogP contribution in [0.3, 0.4) is 0 Å². The minimum Gasteiger partial charge on any atom is -0.491 e. The smallest absolute Gasteiger partial charge is 0.337 e.